The summed E-state index contributed by atoms with van der Waals surface area (Å²) in [6.45, 7) is 9.45. The number of hydrogen-bond donors (Lipinski definition) is 0. The predicted molar refractivity (Wildman–Crippen MR) is 93.8 cm³/mol. The minimum atomic E-state index is -0.475. The standard InChI is InChI=1S/C17H24BrFN2O3/c1-17(2,3)24-16(22)21-8-6-20(7-9-21)10-11-23-15-5-4-13(18)12-14(15)19/h4-5,12H,6-11H2,1-3H3. The van der Waals surface area contributed by atoms with Crippen LogP contribution in [0.1, 0.15) is 20.8 Å². The van der Waals surface area contributed by atoms with Crippen LogP contribution in [0.2, 0.25) is 0 Å². The summed E-state index contributed by atoms with van der Waals surface area (Å²) in [6.07, 6.45) is -0.268. The van der Waals surface area contributed by atoms with Crippen molar-refractivity contribution in [2.75, 3.05) is 39.3 Å². The van der Waals surface area contributed by atoms with Gasteiger partial charge < -0.3 is 14.4 Å². The molecule has 1 saturated heterocycles. The summed E-state index contributed by atoms with van der Waals surface area (Å²) >= 11 is 3.22. The van der Waals surface area contributed by atoms with Gasteiger partial charge in [0.05, 0.1) is 0 Å². The average Bonchev–Trinajstić information content (AvgIpc) is 2.48. The van der Waals surface area contributed by atoms with E-state index < -0.39 is 5.60 Å². The van der Waals surface area contributed by atoms with Gasteiger partial charge >= 0.3 is 6.09 Å². The molecular formula is C17H24BrFN2O3. The highest BCUT2D eigenvalue weighted by Gasteiger charge is 2.25. The first-order valence-electron chi connectivity index (χ1n) is 8.03. The van der Waals surface area contributed by atoms with E-state index in [1.165, 1.54) is 6.07 Å². The van der Waals surface area contributed by atoms with E-state index in [-0.39, 0.29) is 17.7 Å². The Hall–Kier alpha value is -1.34. The Morgan fingerprint density at radius 2 is 1.92 bits per heavy atom. The maximum absolute atomic E-state index is 13.7. The van der Waals surface area contributed by atoms with Crippen molar-refractivity contribution in [1.29, 1.82) is 0 Å². The van der Waals surface area contributed by atoms with Gasteiger partial charge in [0.1, 0.15) is 12.2 Å². The Morgan fingerprint density at radius 1 is 1.25 bits per heavy atom. The summed E-state index contributed by atoms with van der Waals surface area (Å²) < 4.78 is 25.2. The van der Waals surface area contributed by atoms with Crippen LogP contribution in [0, 0.1) is 5.82 Å². The number of rotatable bonds is 4. The third kappa shape index (κ3) is 5.94. The molecule has 5 nitrogen and oxygen atoms in total. The first kappa shape index (κ1) is 19.0. The molecule has 0 N–H and O–H groups in total. The van der Waals surface area contributed by atoms with Gasteiger partial charge in [-0.2, -0.15) is 0 Å². The zero-order valence-electron chi connectivity index (χ0n) is 14.3. The predicted octanol–water partition coefficient (Wildman–Crippen LogP) is 3.52. The molecule has 1 heterocycles. The van der Waals surface area contributed by atoms with E-state index >= 15 is 0 Å². The Labute approximate surface area is 150 Å². The second kappa shape index (κ2) is 8.16. The van der Waals surface area contributed by atoms with Crippen molar-refractivity contribution in [2.45, 2.75) is 26.4 Å². The maximum Gasteiger partial charge on any atom is 0.410 e. The topological polar surface area (TPSA) is 42.0 Å². The van der Waals surface area contributed by atoms with Gasteiger partial charge in [-0.05, 0) is 39.0 Å². The Balaban J connectivity index is 1.70. The number of benzene rings is 1. The van der Waals surface area contributed by atoms with E-state index in [2.05, 4.69) is 20.8 Å². The lowest BCUT2D eigenvalue weighted by Crippen LogP contribution is -2.50. The largest absolute Gasteiger partial charge is 0.489 e. The molecule has 0 aromatic heterocycles. The minimum absolute atomic E-state index is 0.255. The molecule has 1 amide bonds. The fraction of sp³-hybridized carbons (Fsp3) is 0.588. The number of amides is 1. The van der Waals surface area contributed by atoms with Crippen LogP contribution < -0.4 is 4.74 Å². The number of nitrogens with zero attached hydrogens (tertiary/aromatic N) is 2. The van der Waals surface area contributed by atoms with Crippen LogP contribution in [0.3, 0.4) is 0 Å². The molecule has 0 spiro atoms. The van der Waals surface area contributed by atoms with E-state index in [9.17, 15) is 9.18 Å². The van der Waals surface area contributed by atoms with Crippen molar-refractivity contribution in [1.82, 2.24) is 9.80 Å². The molecular weight excluding hydrogens is 379 g/mol. The van der Waals surface area contributed by atoms with Crippen LogP contribution in [0.4, 0.5) is 9.18 Å². The van der Waals surface area contributed by atoms with Crippen molar-refractivity contribution in [3.05, 3.63) is 28.5 Å². The molecule has 1 aliphatic heterocycles. The lowest BCUT2D eigenvalue weighted by atomic mass is 10.2. The molecule has 0 atom stereocenters. The summed E-state index contributed by atoms with van der Waals surface area (Å²) in [5.41, 5.74) is -0.475. The molecule has 1 aliphatic rings. The summed E-state index contributed by atoms with van der Waals surface area (Å²) in [4.78, 5) is 15.9. The second-order valence-electron chi connectivity index (χ2n) is 6.73. The van der Waals surface area contributed by atoms with Crippen LogP contribution in [0.5, 0.6) is 5.75 Å². The van der Waals surface area contributed by atoms with Gasteiger partial charge in [0, 0.05) is 37.2 Å². The van der Waals surface area contributed by atoms with E-state index in [1.807, 2.05) is 20.8 Å². The third-order valence-electron chi connectivity index (χ3n) is 3.58. The van der Waals surface area contributed by atoms with Crippen molar-refractivity contribution in [2.24, 2.45) is 0 Å². The smallest absolute Gasteiger partial charge is 0.410 e. The number of carbonyl (C=O) groups is 1. The molecule has 24 heavy (non-hydrogen) atoms. The number of ether oxygens (including phenoxy) is 2. The van der Waals surface area contributed by atoms with Crippen LogP contribution in [0.15, 0.2) is 22.7 Å². The van der Waals surface area contributed by atoms with Gasteiger partial charge in [-0.25, -0.2) is 9.18 Å². The lowest BCUT2D eigenvalue weighted by molar-refractivity contribution is 0.0136. The molecule has 134 valence electrons. The molecule has 0 aliphatic carbocycles. The zero-order valence-corrected chi connectivity index (χ0v) is 15.9. The van der Waals surface area contributed by atoms with Crippen LogP contribution in [0.25, 0.3) is 0 Å². The van der Waals surface area contributed by atoms with Crippen LogP contribution in [-0.2, 0) is 4.74 Å². The van der Waals surface area contributed by atoms with E-state index in [0.717, 1.165) is 13.1 Å². The summed E-state index contributed by atoms with van der Waals surface area (Å²) in [7, 11) is 0. The number of halogens is 2. The molecule has 7 heteroatoms. The Morgan fingerprint density at radius 3 is 2.50 bits per heavy atom. The normalized spacial score (nSPS) is 16.1. The SMILES string of the molecule is CC(C)(C)OC(=O)N1CCN(CCOc2ccc(Br)cc2F)CC1. The third-order valence-corrected chi connectivity index (χ3v) is 4.08. The minimum Gasteiger partial charge on any atom is -0.489 e. The Bertz CT molecular complexity index is 569. The molecule has 1 aromatic carbocycles. The Kier molecular flexibility index (Phi) is 6.46. The number of carbonyl (C=O) groups excluding carboxylic acids is 1. The van der Waals surface area contributed by atoms with Crippen LogP contribution >= 0.6 is 15.9 Å². The highest BCUT2D eigenvalue weighted by molar-refractivity contribution is 9.10. The van der Waals surface area contributed by atoms with Gasteiger partial charge in [-0.1, -0.05) is 15.9 Å². The molecule has 0 radical (unpaired) electrons. The fourth-order valence-electron chi connectivity index (χ4n) is 2.36. The first-order chi connectivity index (χ1) is 11.2. The molecule has 1 aromatic rings. The van der Waals surface area contributed by atoms with Gasteiger partial charge in [0.25, 0.3) is 0 Å². The van der Waals surface area contributed by atoms with E-state index in [0.29, 0.717) is 30.7 Å². The molecule has 1 fully saturated rings. The quantitative estimate of drug-likeness (QED) is 0.772. The summed E-state index contributed by atoms with van der Waals surface area (Å²) in [6, 6.07) is 4.74. The van der Waals surface area contributed by atoms with Gasteiger partial charge in [0.2, 0.25) is 0 Å². The van der Waals surface area contributed by atoms with Crippen LogP contribution in [-0.4, -0.2) is 60.8 Å². The maximum atomic E-state index is 13.7. The monoisotopic (exact) mass is 402 g/mol. The van der Waals surface area contributed by atoms with Crippen molar-refractivity contribution < 1.29 is 18.7 Å². The van der Waals surface area contributed by atoms with E-state index in [1.54, 1.807) is 17.0 Å². The molecule has 0 bridgehead atoms. The van der Waals surface area contributed by atoms with Gasteiger partial charge in [-0.3, -0.25) is 4.90 Å². The summed E-state index contributed by atoms with van der Waals surface area (Å²) in [5.74, 6) is -0.121. The van der Waals surface area contributed by atoms with Crippen molar-refractivity contribution in [3.63, 3.8) is 0 Å². The zero-order chi connectivity index (χ0) is 17.7. The second-order valence-corrected chi connectivity index (χ2v) is 7.65. The average molecular weight is 403 g/mol. The molecule has 0 saturated carbocycles. The first-order valence-corrected chi connectivity index (χ1v) is 8.82. The highest BCUT2D eigenvalue weighted by atomic mass is 79.9. The fourth-order valence-corrected chi connectivity index (χ4v) is 2.69. The van der Waals surface area contributed by atoms with E-state index in [4.69, 9.17) is 9.47 Å². The number of hydrogen-bond acceptors (Lipinski definition) is 4. The van der Waals surface area contributed by atoms with Crippen molar-refractivity contribution >= 4 is 22.0 Å². The van der Waals surface area contributed by atoms with Gasteiger partial charge in [-0.15, -0.1) is 0 Å². The van der Waals surface area contributed by atoms with Gasteiger partial charge in [0.15, 0.2) is 11.6 Å². The molecule has 2 rings (SSSR count). The highest BCUT2D eigenvalue weighted by Crippen LogP contribution is 2.21. The molecule has 0 unspecified atom stereocenters. The van der Waals surface area contributed by atoms with Crippen molar-refractivity contribution in [3.8, 4) is 5.75 Å². The lowest BCUT2D eigenvalue weighted by Gasteiger charge is -2.35. The number of piperazine rings is 1. The summed E-state index contributed by atoms with van der Waals surface area (Å²) in [5, 5.41) is 0.